The molecule has 0 fully saturated rings. The predicted octanol–water partition coefficient (Wildman–Crippen LogP) is 10.1. The molecule has 0 saturated carbocycles. The maximum absolute atomic E-state index is 6.98. The van der Waals surface area contributed by atoms with E-state index in [0.717, 1.165) is 12.8 Å². The fourth-order valence-electron chi connectivity index (χ4n) is 5.94. The summed E-state index contributed by atoms with van der Waals surface area (Å²) in [6.07, 6.45) is 5.91. The van der Waals surface area contributed by atoms with Crippen LogP contribution in [0.1, 0.15) is 47.8 Å². The van der Waals surface area contributed by atoms with E-state index in [4.69, 9.17) is 11.6 Å². The van der Waals surface area contributed by atoms with Crippen LogP contribution in [0.15, 0.2) is 122 Å². The number of fused-ring (bicyclic) bond motifs is 6. The number of nitrogens with zero attached hydrogens (tertiary/aromatic N) is 1. The van der Waals surface area contributed by atoms with E-state index in [0.29, 0.717) is 11.8 Å². The molecule has 37 heavy (non-hydrogen) atoms. The third kappa shape index (κ3) is 4.49. The Bertz CT molecular complexity index is 1610. The van der Waals surface area contributed by atoms with Gasteiger partial charge >= 0.3 is 0 Å². The molecule has 0 radical (unpaired) electrons. The van der Waals surface area contributed by atoms with Gasteiger partial charge in [0.05, 0.1) is 5.38 Å². The van der Waals surface area contributed by atoms with Gasteiger partial charge in [-0.3, -0.25) is 4.98 Å². The Labute approximate surface area is 223 Å². The molecule has 0 N–H and O–H groups in total. The predicted molar refractivity (Wildman–Crippen MR) is 158 cm³/mol. The molecule has 0 aliphatic heterocycles. The molecule has 2 heteroatoms. The highest BCUT2D eigenvalue weighted by Gasteiger charge is 2.34. The SMILES string of the molecule is CCC1CC(c2ccccc2)c2c(ccc3c2ccc2ccccc23)C1Cl.c1ccc2cnccc2c1. The van der Waals surface area contributed by atoms with Gasteiger partial charge in [-0.05, 0) is 67.4 Å². The third-order valence-electron chi connectivity index (χ3n) is 7.88. The van der Waals surface area contributed by atoms with Crippen molar-refractivity contribution in [2.24, 2.45) is 5.92 Å². The molecule has 0 amide bonds. The molecule has 0 bridgehead atoms. The van der Waals surface area contributed by atoms with E-state index in [1.54, 1.807) is 0 Å². The van der Waals surface area contributed by atoms with Gasteiger partial charge in [0.25, 0.3) is 0 Å². The van der Waals surface area contributed by atoms with E-state index in [1.807, 2.05) is 30.6 Å². The normalized spacial score (nSPS) is 18.8. The van der Waals surface area contributed by atoms with Crippen molar-refractivity contribution >= 4 is 43.9 Å². The van der Waals surface area contributed by atoms with Gasteiger partial charge in [0.15, 0.2) is 0 Å². The summed E-state index contributed by atoms with van der Waals surface area (Å²) in [5.74, 6) is 0.924. The largest absolute Gasteiger partial charge is 0.264 e. The molecule has 7 rings (SSSR count). The van der Waals surface area contributed by atoms with Gasteiger partial charge in [0.1, 0.15) is 0 Å². The number of rotatable bonds is 2. The topological polar surface area (TPSA) is 12.9 Å². The Balaban J connectivity index is 0.000000210. The summed E-state index contributed by atoms with van der Waals surface area (Å²) in [5.41, 5.74) is 4.17. The summed E-state index contributed by atoms with van der Waals surface area (Å²) in [5, 5.41) is 7.87. The lowest BCUT2D eigenvalue weighted by Gasteiger charge is -2.36. The molecule has 0 saturated heterocycles. The van der Waals surface area contributed by atoms with Crippen molar-refractivity contribution in [1.29, 1.82) is 0 Å². The van der Waals surface area contributed by atoms with Crippen molar-refractivity contribution in [3.05, 3.63) is 138 Å². The molecule has 0 spiro atoms. The Kier molecular flexibility index (Phi) is 6.64. The summed E-state index contributed by atoms with van der Waals surface area (Å²) in [7, 11) is 0. The lowest BCUT2D eigenvalue weighted by Crippen LogP contribution is -2.21. The minimum absolute atomic E-state index is 0.0980. The summed E-state index contributed by atoms with van der Waals surface area (Å²) in [4.78, 5) is 4.01. The van der Waals surface area contributed by atoms with Crippen molar-refractivity contribution < 1.29 is 0 Å². The molecule has 3 atom stereocenters. The maximum Gasteiger partial charge on any atom is 0.0616 e. The van der Waals surface area contributed by atoms with Crippen LogP contribution in [-0.4, -0.2) is 4.98 Å². The quantitative estimate of drug-likeness (QED) is 0.170. The van der Waals surface area contributed by atoms with Crippen molar-refractivity contribution in [1.82, 2.24) is 4.98 Å². The zero-order valence-electron chi connectivity index (χ0n) is 21.0. The fourth-order valence-corrected chi connectivity index (χ4v) is 6.41. The average Bonchev–Trinajstić information content (AvgIpc) is 2.98. The van der Waals surface area contributed by atoms with Gasteiger partial charge in [0, 0.05) is 18.3 Å². The lowest BCUT2D eigenvalue weighted by molar-refractivity contribution is 0.406. The fraction of sp³-hybridized carbons (Fsp3) is 0.171. The number of aromatic nitrogens is 1. The highest BCUT2D eigenvalue weighted by atomic mass is 35.5. The second-order valence-electron chi connectivity index (χ2n) is 9.94. The van der Waals surface area contributed by atoms with Gasteiger partial charge in [0.2, 0.25) is 0 Å². The lowest BCUT2D eigenvalue weighted by atomic mass is 9.71. The molecule has 6 aromatic rings. The highest BCUT2D eigenvalue weighted by Crippen LogP contribution is 2.51. The Hall–Kier alpha value is -3.68. The van der Waals surface area contributed by atoms with Crippen LogP contribution >= 0.6 is 11.6 Å². The first-order valence-corrected chi connectivity index (χ1v) is 13.6. The zero-order chi connectivity index (χ0) is 25.2. The molecular weight excluding hydrogens is 470 g/mol. The van der Waals surface area contributed by atoms with Crippen molar-refractivity contribution in [2.45, 2.75) is 31.1 Å². The Morgan fingerprint density at radius 3 is 2.16 bits per heavy atom. The second-order valence-corrected chi connectivity index (χ2v) is 10.4. The van der Waals surface area contributed by atoms with Crippen LogP contribution in [0.4, 0.5) is 0 Å². The molecule has 3 unspecified atom stereocenters. The molecular formula is C35H30ClN. The number of alkyl halides is 1. The first-order chi connectivity index (χ1) is 18.2. The van der Waals surface area contributed by atoms with Crippen LogP contribution in [0, 0.1) is 5.92 Å². The van der Waals surface area contributed by atoms with Crippen LogP contribution in [0.25, 0.3) is 32.3 Å². The van der Waals surface area contributed by atoms with E-state index < -0.39 is 0 Å². The molecule has 5 aromatic carbocycles. The first kappa shape index (κ1) is 23.7. The molecule has 1 aromatic heterocycles. The summed E-state index contributed by atoms with van der Waals surface area (Å²) < 4.78 is 0. The molecule has 1 nitrogen and oxygen atoms in total. The Morgan fingerprint density at radius 1 is 0.676 bits per heavy atom. The number of hydrogen-bond donors (Lipinski definition) is 0. The van der Waals surface area contributed by atoms with Gasteiger partial charge in [-0.15, -0.1) is 11.6 Å². The van der Waals surface area contributed by atoms with Gasteiger partial charge in [-0.25, -0.2) is 0 Å². The monoisotopic (exact) mass is 499 g/mol. The average molecular weight is 500 g/mol. The third-order valence-corrected chi connectivity index (χ3v) is 8.47. The van der Waals surface area contributed by atoms with E-state index in [9.17, 15) is 0 Å². The number of halogens is 1. The van der Waals surface area contributed by atoms with Crippen LogP contribution < -0.4 is 0 Å². The summed E-state index contributed by atoms with van der Waals surface area (Å²) in [6, 6.07) is 39.0. The molecule has 1 heterocycles. The summed E-state index contributed by atoms with van der Waals surface area (Å²) in [6.45, 7) is 2.27. The zero-order valence-corrected chi connectivity index (χ0v) is 21.8. The van der Waals surface area contributed by atoms with Crippen molar-refractivity contribution in [2.75, 3.05) is 0 Å². The second kappa shape index (κ2) is 10.4. The Morgan fingerprint density at radius 2 is 1.38 bits per heavy atom. The highest BCUT2D eigenvalue weighted by molar-refractivity contribution is 6.22. The van der Waals surface area contributed by atoms with Crippen LogP contribution in [-0.2, 0) is 0 Å². The number of benzene rings is 5. The number of hydrogen-bond acceptors (Lipinski definition) is 1. The van der Waals surface area contributed by atoms with Crippen LogP contribution in [0.2, 0.25) is 0 Å². The molecule has 182 valence electrons. The maximum atomic E-state index is 6.98. The minimum Gasteiger partial charge on any atom is -0.264 e. The summed E-state index contributed by atoms with van der Waals surface area (Å²) >= 11 is 6.98. The standard InChI is InChI=1S/C26H23Cl.C9H7N/c1-2-17-16-24(18-8-4-3-5-9-18)25-22-13-12-19-10-6-7-11-20(19)21(22)14-15-23(25)26(17)27;1-2-4-9-7-10-6-5-8(9)3-1/h3-15,17,24,26H,2,16H2,1H3;1-7H. The van der Waals surface area contributed by atoms with E-state index in [1.165, 1.54) is 49.0 Å². The van der Waals surface area contributed by atoms with Crippen molar-refractivity contribution in [3.63, 3.8) is 0 Å². The van der Waals surface area contributed by atoms with Gasteiger partial charge in [-0.2, -0.15) is 0 Å². The smallest absolute Gasteiger partial charge is 0.0616 e. The molecule has 1 aliphatic rings. The van der Waals surface area contributed by atoms with Crippen LogP contribution in [0.3, 0.4) is 0 Å². The van der Waals surface area contributed by atoms with E-state index in [2.05, 4.69) is 103 Å². The van der Waals surface area contributed by atoms with Crippen LogP contribution in [0.5, 0.6) is 0 Å². The minimum atomic E-state index is 0.0980. The van der Waals surface area contributed by atoms with Gasteiger partial charge < -0.3 is 0 Å². The van der Waals surface area contributed by atoms with E-state index >= 15 is 0 Å². The number of pyridine rings is 1. The van der Waals surface area contributed by atoms with E-state index in [-0.39, 0.29) is 5.38 Å². The van der Waals surface area contributed by atoms with Gasteiger partial charge in [-0.1, -0.05) is 116 Å². The first-order valence-electron chi connectivity index (χ1n) is 13.2. The van der Waals surface area contributed by atoms with Crippen molar-refractivity contribution in [3.8, 4) is 0 Å². The molecule has 1 aliphatic carbocycles.